The first kappa shape index (κ1) is 22.3. The summed E-state index contributed by atoms with van der Waals surface area (Å²) in [4.78, 5) is 24.8. The molecule has 0 saturated heterocycles. The Labute approximate surface area is 183 Å². The van der Waals surface area contributed by atoms with Gasteiger partial charge in [0.1, 0.15) is 12.4 Å². The van der Waals surface area contributed by atoms with E-state index in [1.807, 2.05) is 84.9 Å². The van der Waals surface area contributed by atoms with Crippen molar-refractivity contribution in [2.24, 2.45) is 0 Å². The standard InChI is InChI=1S/C27H28O4/c1-30-26(28)18-9-8-17-25(22-13-6-3-7-14-22)27(29)23-15-10-16-24(19-23)31-20-21-11-4-2-5-12-21/h2-7,10-16,19,25H,8-9,17-18,20H2,1H3. The summed E-state index contributed by atoms with van der Waals surface area (Å²) in [7, 11) is 1.39. The van der Waals surface area contributed by atoms with Crippen LogP contribution in [0.2, 0.25) is 0 Å². The van der Waals surface area contributed by atoms with Gasteiger partial charge in [-0.15, -0.1) is 0 Å². The normalized spacial score (nSPS) is 11.5. The molecule has 3 aromatic carbocycles. The summed E-state index contributed by atoms with van der Waals surface area (Å²) in [5.41, 5.74) is 2.69. The van der Waals surface area contributed by atoms with Crippen molar-refractivity contribution in [2.45, 2.75) is 38.2 Å². The summed E-state index contributed by atoms with van der Waals surface area (Å²) in [6, 6.07) is 27.1. The molecule has 0 spiro atoms. The van der Waals surface area contributed by atoms with E-state index in [0.717, 1.165) is 17.5 Å². The van der Waals surface area contributed by atoms with Crippen molar-refractivity contribution < 1.29 is 19.1 Å². The molecule has 0 aliphatic heterocycles. The number of methoxy groups -OCH3 is 1. The van der Waals surface area contributed by atoms with Gasteiger partial charge in [-0.25, -0.2) is 0 Å². The van der Waals surface area contributed by atoms with E-state index in [1.54, 1.807) is 0 Å². The number of benzene rings is 3. The van der Waals surface area contributed by atoms with Gasteiger partial charge in [-0.2, -0.15) is 0 Å². The van der Waals surface area contributed by atoms with Gasteiger partial charge in [-0.1, -0.05) is 79.2 Å². The van der Waals surface area contributed by atoms with Gasteiger partial charge in [0.25, 0.3) is 0 Å². The van der Waals surface area contributed by atoms with Crippen LogP contribution in [0.3, 0.4) is 0 Å². The summed E-state index contributed by atoms with van der Waals surface area (Å²) >= 11 is 0. The smallest absolute Gasteiger partial charge is 0.305 e. The Morgan fingerprint density at radius 2 is 1.55 bits per heavy atom. The van der Waals surface area contributed by atoms with Gasteiger partial charge >= 0.3 is 5.97 Å². The SMILES string of the molecule is COC(=O)CCCCC(C(=O)c1cccc(OCc2ccccc2)c1)c1ccccc1. The number of carbonyl (C=O) groups excluding carboxylic acids is 2. The minimum atomic E-state index is -0.261. The van der Waals surface area contributed by atoms with Crippen LogP contribution < -0.4 is 4.74 Å². The molecule has 1 atom stereocenters. The molecule has 4 heteroatoms. The van der Waals surface area contributed by atoms with E-state index in [4.69, 9.17) is 9.47 Å². The summed E-state index contributed by atoms with van der Waals surface area (Å²) in [6.07, 6.45) is 2.51. The summed E-state index contributed by atoms with van der Waals surface area (Å²) in [5, 5.41) is 0. The summed E-state index contributed by atoms with van der Waals surface area (Å²) in [6.45, 7) is 0.453. The Hall–Kier alpha value is -3.40. The van der Waals surface area contributed by atoms with E-state index in [-0.39, 0.29) is 17.7 Å². The molecule has 0 fully saturated rings. The Bertz CT molecular complexity index is 967. The largest absolute Gasteiger partial charge is 0.489 e. The fraction of sp³-hybridized carbons (Fsp3) is 0.259. The van der Waals surface area contributed by atoms with Gasteiger partial charge in [0.05, 0.1) is 7.11 Å². The number of ether oxygens (including phenoxy) is 2. The Morgan fingerprint density at radius 3 is 2.26 bits per heavy atom. The van der Waals surface area contributed by atoms with Crippen LogP contribution in [0.1, 0.15) is 53.1 Å². The number of unbranched alkanes of at least 4 members (excludes halogenated alkanes) is 1. The predicted molar refractivity (Wildman–Crippen MR) is 121 cm³/mol. The van der Waals surface area contributed by atoms with Crippen LogP contribution >= 0.6 is 0 Å². The third-order valence-electron chi connectivity index (χ3n) is 5.24. The first-order valence-corrected chi connectivity index (χ1v) is 10.6. The minimum Gasteiger partial charge on any atom is -0.489 e. The maximum Gasteiger partial charge on any atom is 0.305 e. The van der Waals surface area contributed by atoms with Gasteiger partial charge < -0.3 is 9.47 Å². The second-order valence-corrected chi connectivity index (χ2v) is 7.45. The molecule has 0 amide bonds. The maximum atomic E-state index is 13.4. The van der Waals surface area contributed by atoms with Crippen LogP contribution in [0, 0.1) is 0 Å². The molecule has 0 heterocycles. The topological polar surface area (TPSA) is 52.6 Å². The van der Waals surface area contributed by atoms with E-state index in [2.05, 4.69) is 0 Å². The monoisotopic (exact) mass is 416 g/mol. The third-order valence-corrected chi connectivity index (χ3v) is 5.24. The van der Waals surface area contributed by atoms with Crippen molar-refractivity contribution in [3.05, 3.63) is 102 Å². The van der Waals surface area contributed by atoms with Crippen molar-refractivity contribution in [3.63, 3.8) is 0 Å². The predicted octanol–water partition coefficient (Wildman–Crippen LogP) is 5.97. The summed E-state index contributed by atoms with van der Waals surface area (Å²) < 4.78 is 10.6. The van der Waals surface area contributed by atoms with Crippen molar-refractivity contribution in [1.29, 1.82) is 0 Å². The van der Waals surface area contributed by atoms with E-state index in [1.165, 1.54) is 7.11 Å². The molecule has 4 nitrogen and oxygen atoms in total. The lowest BCUT2D eigenvalue weighted by Gasteiger charge is -2.17. The van der Waals surface area contributed by atoms with E-state index >= 15 is 0 Å². The average Bonchev–Trinajstić information content (AvgIpc) is 2.83. The molecule has 0 radical (unpaired) electrons. The van der Waals surface area contributed by atoms with Crippen LogP contribution in [-0.2, 0) is 16.1 Å². The minimum absolute atomic E-state index is 0.0643. The lowest BCUT2D eigenvalue weighted by atomic mass is 9.86. The fourth-order valence-corrected chi connectivity index (χ4v) is 3.54. The quantitative estimate of drug-likeness (QED) is 0.220. The first-order valence-electron chi connectivity index (χ1n) is 10.6. The number of carbonyl (C=O) groups is 2. The van der Waals surface area contributed by atoms with Gasteiger partial charge in [0.2, 0.25) is 0 Å². The van der Waals surface area contributed by atoms with Crippen molar-refractivity contribution >= 4 is 11.8 Å². The Kier molecular flexibility index (Phi) is 8.41. The molecule has 3 aromatic rings. The van der Waals surface area contributed by atoms with E-state index in [0.29, 0.717) is 37.2 Å². The molecule has 0 aliphatic rings. The summed E-state index contributed by atoms with van der Waals surface area (Å²) in [5.74, 6) is 0.260. The molecule has 0 aromatic heterocycles. The third kappa shape index (κ3) is 6.82. The number of esters is 1. The molecule has 0 N–H and O–H groups in total. The van der Waals surface area contributed by atoms with Gasteiger partial charge in [-0.3, -0.25) is 9.59 Å². The second-order valence-electron chi connectivity index (χ2n) is 7.45. The molecule has 0 aliphatic carbocycles. The van der Waals surface area contributed by atoms with Crippen LogP contribution in [0.25, 0.3) is 0 Å². The molecule has 160 valence electrons. The number of ketones is 1. The number of Topliss-reactive ketones (excluding diaryl/α,β-unsaturated/α-hetero) is 1. The molecular formula is C27H28O4. The van der Waals surface area contributed by atoms with Gasteiger partial charge in [-0.05, 0) is 36.1 Å². The highest BCUT2D eigenvalue weighted by molar-refractivity contribution is 6.01. The van der Waals surface area contributed by atoms with Crippen LogP contribution in [-0.4, -0.2) is 18.9 Å². The molecule has 3 rings (SSSR count). The van der Waals surface area contributed by atoms with Crippen molar-refractivity contribution in [1.82, 2.24) is 0 Å². The zero-order valence-corrected chi connectivity index (χ0v) is 17.8. The number of rotatable bonds is 11. The van der Waals surface area contributed by atoms with Crippen molar-refractivity contribution in [2.75, 3.05) is 7.11 Å². The molecular weight excluding hydrogens is 388 g/mol. The van der Waals surface area contributed by atoms with Crippen LogP contribution in [0.4, 0.5) is 0 Å². The zero-order chi connectivity index (χ0) is 21.9. The second kappa shape index (κ2) is 11.7. The molecule has 0 saturated carbocycles. The number of hydrogen-bond acceptors (Lipinski definition) is 4. The zero-order valence-electron chi connectivity index (χ0n) is 17.8. The van der Waals surface area contributed by atoms with Crippen LogP contribution in [0.15, 0.2) is 84.9 Å². The van der Waals surface area contributed by atoms with Gasteiger partial charge in [0.15, 0.2) is 5.78 Å². The lowest BCUT2D eigenvalue weighted by Crippen LogP contribution is -2.14. The first-order chi connectivity index (χ1) is 15.2. The fourth-order valence-electron chi connectivity index (χ4n) is 3.54. The highest BCUT2D eigenvalue weighted by atomic mass is 16.5. The molecule has 1 unspecified atom stereocenters. The number of hydrogen-bond donors (Lipinski definition) is 0. The van der Waals surface area contributed by atoms with Crippen molar-refractivity contribution in [3.8, 4) is 5.75 Å². The Balaban J connectivity index is 1.70. The van der Waals surface area contributed by atoms with Gasteiger partial charge in [0, 0.05) is 17.9 Å². The van der Waals surface area contributed by atoms with Crippen LogP contribution in [0.5, 0.6) is 5.75 Å². The highest BCUT2D eigenvalue weighted by Gasteiger charge is 2.22. The molecule has 0 bridgehead atoms. The van der Waals surface area contributed by atoms with E-state index < -0.39 is 0 Å². The average molecular weight is 417 g/mol. The lowest BCUT2D eigenvalue weighted by molar-refractivity contribution is -0.140. The maximum absolute atomic E-state index is 13.4. The molecule has 31 heavy (non-hydrogen) atoms. The van der Waals surface area contributed by atoms with E-state index in [9.17, 15) is 9.59 Å². The highest BCUT2D eigenvalue weighted by Crippen LogP contribution is 2.28. The Morgan fingerprint density at radius 1 is 0.839 bits per heavy atom.